The van der Waals surface area contributed by atoms with Crippen molar-refractivity contribution in [3.05, 3.63) is 58.2 Å². The van der Waals surface area contributed by atoms with Crippen LogP contribution in [0.3, 0.4) is 0 Å². The zero-order valence-corrected chi connectivity index (χ0v) is 12.4. The molecular formula is C15H17BrFNO. The summed E-state index contributed by atoms with van der Waals surface area (Å²) in [6, 6.07) is 6.80. The van der Waals surface area contributed by atoms with Crippen molar-refractivity contribution in [1.82, 2.24) is 5.32 Å². The van der Waals surface area contributed by atoms with Crippen LogP contribution in [0.4, 0.5) is 4.39 Å². The van der Waals surface area contributed by atoms with Gasteiger partial charge in [0.25, 0.3) is 0 Å². The summed E-state index contributed by atoms with van der Waals surface area (Å²) in [5.41, 5.74) is 2.04. The molecule has 0 saturated heterocycles. The molecule has 0 spiro atoms. The van der Waals surface area contributed by atoms with Gasteiger partial charge in [-0.3, -0.25) is 0 Å². The molecule has 4 heteroatoms. The van der Waals surface area contributed by atoms with Crippen LogP contribution in [-0.2, 0) is 6.42 Å². The number of benzene rings is 1. The first-order valence-corrected chi connectivity index (χ1v) is 7.19. The summed E-state index contributed by atoms with van der Waals surface area (Å²) in [4.78, 5) is 0. The fourth-order valence-electron chi connectivity index (χ4n) is 2.04. The van der Waals surface area contributed by atoms with Gasteiger partial charge in [-0.2, -0.15) is 0 Å². The van der Waals surface area contributed by atoms with Crippen LogP contribution in [0.25, 0.3) is 0 Å². The zero-order valence-electron chi connectivity index (χ0n) is 10.8. The van der Waals surface area contributed by atoms with E-state index in [0.29, 0.717) is 0 Å². The van der Waals surface area contributed by atoms with Crippen molar-refractivity contribution in [2.24, 2.45) is 0 Å². The molecule has 2 rings (SSSR count). The second kappa shape index (κ2) is 6.87. The molecule has 0 bridgehead atoms. The first-order chi connectivity index (χ1) is 9.20. The molecule has 1 atom stereocenters. The minimum atomic E-state index is -0.214. The maximum Gasteiger partial charge on any atom is 0.123 e. The Morgan fingerprint density at radius 3 is 2.89 bits per heavy atom. The maximum absolute atomic E-state index is 13.4. The molecule has 0 fully saturated rings. The van der Waals surface area contributed by atoms with Gasteiger partial charge in [0.2, 0.25) is 0 Å². The second-order valence-electron chi connectivity index (χ2n) is 4.51. The molecular weight excluding hydrogens is 309 g/mol. The summed E-state index contributed by atoms with van der Waals surface area (Å²) < 4.78 is 19.5. The normalized spacial score (nSPS) is 12.6. The van der Waals surface area contributed by atoms with E-state index in [1.165, 1.54) is 6.07 Å². The van der Waals surface area contributed by atoms with Crippen molar-refractivity contribution in [1.29, 1.82) is 0 Å². The number of hydrogen-bond acceptors (Lipinski definition) is 2. The summed E-state index contributed by atoms with van der Waals surface area (Å²) in [6.07, 6.45) is 5.20. The van der Waals surface area contributed by atoms with E-state index in [2.05, 4.69) is 28.2 Å². The number of furan rings is 1. The highest BCUT2D eigenvalue weighted by atomic mass is 79.9. The second-order valence-corrected chi connectivity index (χ2v) is 5.36. The Labute approximate surface area is 121 Å². The van der Waals surface area contributed by atoms with Crippen LogP contribution in [0, 0.1) is 5.82 Å². The van der Waals surface area contributed by atoms with Crippen LogP contribution >= 0.6 is 15.9 Å². The first kappa shape index (κ1) is 14.3. The smallest absolute Gasteiger partial charge is 0.123 e. The molecule has 0 aliphatic heterocycles. The highest BCUT2D eigenvalue weighted by Crippen LogP contribution is 2.27. The number of halogens is 2. The molecule has 0 radical (unpaired) electrons. The monoisotopic (exact) mass is 325 g/mol. The van der Waals surface area contributed by atoms with Crippen molar-refractivity contribution >= 4 is 15.9 Å². The third-order valence-electron chi connectivity index (χ3n) is 2.99. The van der Waals surface area contributed by atoms with Crippen molar-refractivity contribution < 1.29 is 8.81 Å². The minimum absolute atomic E-state index is 0.0719. The molecule has 0 aliphatic rings. The summed E-state index contributed by atoms with van der Waals surface area (Å²) in [6.45, 7) is 3.01. The summed E-state index contributed by atoms with van der Waals surface area (Å²) in [5.74, 6) is -0.214. The fraction of sp³-hybridized carbons (Fsp3) is 0.333. The molecule has 19 heavy (non-hydrogen) atoms. The molecule has 1 N–H and O–H groups in total. The molecule has 102 valence electrons. The minimum Gasteiger partial charge on any atom is -0.472 e. The standard InChI is InChI=1S/C15H17BrFNO/c1-2-6-18-15(8-11-5-7-19-10-11)13-9-12(17)3-4-14(13)16/h3-5,7,9-10,15,18H,2,6,8H2,1H3. The van der Waals surface area contributed by atoms with E-state index >= 15 is 0 Å². The Bertz CT molecular complexity index is 513. The van der Waals surface area contributed by atoms with Gasteiger partial charge < -0.3 is 9.73 Å². The van der Waals surface area contributed by atoms with Crippen LogP contribution < -0.4 is 5.32 Å². The third-order valence-corrected chi connectivity index (χ3v) is 3.72. The average Bonchev–Trinajstić information content (AvgIpc) is 2.90. The van der Waals surface area contributed by atoms with Crippen LogP contribution in [0.5, 0.6) is 0 Å². The van der Waals surface area contributed by atoms with E-state index < -0.39 is 0 Å². The predicted octanol–water partition coefficient (Wildman–Crippen LogP) is 4.46. The number of hydrogen-bond donors (Lipinski definition) is 1. The quantitative estimate of drug-likeness (QED) is 0.847. The van der Waals surface area contributed by atoms with Crippen molar-refractivity contribution in [2.75, 3.05) is 6.54 Å². The topological polar surface area (TPSA) is 25.2 Å². The Morgan fingerprint density at radius 2 is 2.21 bits per heavy atom. The van der Waals surface area contributed by atoms with Crippen LogP contribution in [0.15, 0.2) is 45.7 Å². The Morgan fingerprint density at radius 1 is 1.37 bits per heavy atom. The molecule has 0 amide bonds. The van der Waals surface area contributed by atoms with Gasteiger partial charge >= 0.3 is 0 Å². The van der Waals surface area contributed by atoms with Crippen molar-refractivity contribution in [3.8, 4) is 0 Å². The highest BCUT2D eigenvalue weighted by molar-refractivity contribution is 9.10. The third kappa shape index (κ3) is 3.91. The fourth-order valence-corrected chi connectivity index (χ4v) is 2.56. The summed E-state index contributed by atoms with van der Waals surface area (Å²) in [5, 5.41) is 3.45. The molecule has 0 aliphatic carbocycles. The van der Waals surface area contributed by atoms with Crippen molar-refractivity contribution in [2.45, 2.75) is 25.8 Å². The summed E-state index contributed by atoms with van der Waals surface area (Å²) >= 11 is 3.50. The van der Waals surface area contributed by atoms with Crippen LogP contribution in [-0.4, -0.2) is 6.54 Å². The molecule has 1 heterocycles. The van der Waals surface area contributed by atoms with Gasteiger partial charge in [-0.1, -0.05) is 22.9 Å². The lowest BCUT2D eigenvalue weighted by Crippen LogP contribution is -2.24. The van der Waals surface area contributed by atoms with Gasteiger partial charge in [0.1, 0.15) is 5.82 Å². The molecule has 0 saturated carbocycles. The SMILES string of the molecule is CCCNC(Cc1ccoc1)c1cc(F)ccc1Br. The van der Waals surface area contributed by atoms with Gasteiger partial charge in [0.15, 0.2) is 0 Å². The van der Waals surface area contributed by atoms with Gasteiger partial charge in [-0.25, -0.2) is 4.39 Å². The average molecular weight is 326 g/mol. The van der Waals surface area contributed by atoms with E-state index in [9.17, 15) is 4.39 Å². The maximum atomic E-state index is 13.4. The lowest BCUT2D eigenvalue weighted by molar-refractivity contribution is 0.515. The Kier molecular flexibility index (Phi) is 5.16. The van der Waals surface area contributed by atoms with E-state index in [1.807, 2.05) is 6.07 Å². The predicted molar refractivity (Wildman–Crippen MR) is 77.5 cm³/mol. The Balaban J connectivity index is 2.23. The molecule has 1 aromatic heterocycles. The zero-order chi connectivity index (χ0) is 13.7. The van der Waals surface area contributed by atoms with Crippen LogP contribution in [0.1, 0.15) is 30.5 Å². The van der Waals surface area contributed by atoms with Gasteiger partial charge in [0.05, 0.1) is 12.5 Å². The largest absolute Gasteiger partial charge is 0.472 e. The highest BCUT2D eigenvalue weighted by Gasteiger charge is 2.16. The lowest BCUT2D eigenvalue weighted by atomic mass is 10.00. The lowest BCUT2D eigenvalue weighted by Gasteiger charge is -2.20. The number of nitrogens with one attached hydrogen (secondary N) is 1. The van der Waals surface area contributed by atoms with Gasteiger partial charge in [-0.15, -0.1) is 0 Å². The van der Waals surface area contributed by atoms with Gasteiger partial charge in [-0.05, 0) is 54.8 Å². The van der Waals surface area contributed by atoms with E-state index in [0.717, 1.165) is 35.0 Å². The van der Waals surface area contributed by atoms with Gasteiger partial charge in [0, 0.05) is 10.5 Å². The molecule has 1 aromatic carbocycles. The van der Waals surface area contributed by atoms with E-state index in [1.54, 1.807) is 24.7 Å². The summed E-state index contributed by atoms with van der Waals surface area (Å²) in [7, 11) is 0. The first-order valence-electron chi connectivity index (χ1n) is 6.40. The number of rotatable bonds is 6. The van der Waals surface area contributed by atoms with E-state index in [-0.39, 0.29) is 11.9 Å². The molecule has 2 nitrogen and oxygen atoms in total. The van der Waals surface area contributed by atoms with Crippen LogP contribution in [0.2, 0.25) is 0 Å². The van der Waals surface area contributed by atoms with E-state index in [4.69, 9.17) is 4.42 Å². The Hall–Kier alpha value is -1.13. The molecule has 2 aromatic rings. The molecule has 1 unspecified atom stereocenters. The van der Waals surface area contributed by atoms with Crippen molar-refractivity contribution in [3.63, 3.8) is 0 Å².